The van der Waals surface area contributed by atoms with Gasteiger partial charge in [0.15, 0.2) is 0 Å². The molecule has 0 unspecified atom stereocenters. The number of nitrogens with zero attached hydrogens (tertiary/aromatic N) is 1. The van der Waals surface area contributed by atoms with Crippen LogP contribution in [0.15, 0.2) is 29.6 Å². The third-order valence-electron chi connectivity index (χ3n) is 2.31. The van der Waals surface area contributed by atoms with Crippen molar-refractivity contribution in [2.24, 2.45) is 0 Å². The van der Waals surface area contributed by atoms with Crippen molar-refractivity contribution in [2.45, 2.75) is 20.0 Å². The Hall–Kier alpha value is -1.39. The molecule has 1 aromatic carbocycles. The number of para-hydroxylation sites is 1. The molecule has 0 fully saturated rings. The number of hydrogen-bond acceptors (Lipinski definition) is 4. The van der Waals surface area contributed by atoms with E-state index in [4.69, 9.17) is 5.73 Å². The van der Waals surface area contributed by atoms with Crippen LogP contribution in [0.2, 0.25) is 0 Å². The molecule has 0 amide bonds. The van der Waals surface area contributed by atoms with E-state index in [0.29, 0.717) is 0 Å². The molecule has 0 saturated heterocycles. The van der Waals surface area contributed by atoms with Gasteiger partial charge in [-0.15, -0.1) is 11.3 Å². The molecule has 0 radical (unpaired) electrons. The first-order valence-electron chi connectivity index (χ1n) is 5.21. The minimum Gasteiger partial charge on any atom is -0.398 e. The fourth-order valence-corrected chi connectivity index (χ4v) is 2.22. The number of thiazole rings is 1. The van der Waals surface area contributed by atoms with Gasteiger partial charge in [-0.25, -0.2) is 4.98 Å². The van der Waals surface area contributed by atoms with Gasteiger partial charge in [-0.2, -0.15) is 0 Å². The van der Waals surface area contributed by atoms with Crippen LogP contribution in [0.25, 0.3) is 0 Å². The van der Waals surface area contributed by atoms with Crippen molar-refractivity contribution in [2.75, 3.05) is 5.73 Å². The Bertz CT molecular complexity index is 465. The van der Waals surface area contributed by atoms with Gasteiger partial charge in [-0.1, -0.05) is 18.2 Å². The average Bonchev–Trinajstić information content (AvgIpc) is 2.67. The van der Waals surface area contributed by atoms with Crippen LogP contribution < -0.4 is 11.1 Å². The maximum Gasteiger partial charge on any atom is 0.107 e. The van der Waals surface area contributed by atoms with Crippen LogP contribution in [-0.2, 0) is 13.1 Å². The lowest BCUT2D eigenvalue weighted by molar-refractivity contribution is 0.690. The van der Waals surface area contributed by atoms with E-state index in [2.05, 4.69) is 15.7 Å². The molecule has 4 heteroatoms. The zero-order chi connectivity index (χ0) is 11.4. The van der Waals surface area contributed by atoms with E-state index in [-0.39, 0.29) is 0 Å². The van der Waals surface area contributed by atoms with Gasteiger partial charge in [0.05, 0.1) is 0 Å². The molecule has 3 N–H and O–H groups in total. The summed E-state index contributed by atoms with van der Waals surface area (Å²) < 4.78 is 0. The Kier molecular flexibility index (Phi) is 3.54. The number of benzene rings is 1. The van der Waals surface area contributed by atoms with Gasteiger partial charge in [-0.3, -0.25) is 0 Å². The number of rotatable bonds is 4. The molecule has 2 rings (SSSR count). The van der Waals surface area contributed by atoms with E-state index in [9.17, 15) is 0 Å². The number of aryl methyl sites for hydroxylation is 1. The summed E-state index contributed by atoms with van der Waals surface area (Å²) in [6.45, 7) is 3.59. The van der Waals surface area contributed by atoms with Crippen molar-refractivity contribution in [3.63, 3.8) is 0 Å². The number of aromatic nitrogens is 1. The van der Waals surface area contributed by atoms with Gasteiger partial charge in [0.25, 0.3) is 0 Å². The normalized spacial score (nSPS) is 10.6. The molecule has 0 atom stereocenters. The van der Waals surface area contributed by atoms with Gasteiger partial charge in [-0.05, 0) is 18.6 Å². The van der Waals surface area contributed by atoms with Crippen molar-refractivity contribution < 1.29 is 0 Å². The number of nitrogens with one attached hydrogen (secondary N) is 1. The Labute approximate surface area is 99.3 Å². The van der Waals surface area contributed by atoms with E-state index in [1.165, 1.54) is 0 Å². The highest BCUT2D eigenvalue weighted by Gasteiger charge is 2.00. The van der Waals surface area contributed by atoms with Crippen LogP contribution in [0.1, 0.15) is 16.3 Å². The predicted molar refractivity (Wildman–Crippen MR) is 68.2 cm³/mol. The third kappa shape index (κ3) is 2.81. The highest BCUT2D eigenvalue weighted by molar-refractivity contribution is 7.09. The second-order valence-electron chi connectivity index (χ2n) is 3.68. The van der Waals surface area contributed by atoms with Crippen molar-refractivity contribution in [3.05, 3.63) is 45.9 Å². The number of hydrogen-bond donors (Lipinski definition) is 2. The molecule has 1 heterocycles. The van der Waals surface area contributed by atoms with Gasteiger partial charge in [0.1, 0.15) is 5.01 Å². The lowest BCUT2D eigenvalue weighted by Crippen LogP contribution is -2.13. The predicted octanol–water partition coefficient (Wildman–Crippen LogP) is 2.32. The van der Waals surface area contributed by atoms with Crippen LogP contribution in [0.5, 0.6) is 0 Å². The fourth-order valence-electron chi connectivity index (χ4n) is 1.48. The largest absolute Gasteiger partial charge is 0.398 e. The Morgan fingerprint density at radius 3 is 2.81 bits per heavy atom. The molecular weight excluding hydrogens is 218 g/mol. The maximum absolute atomic E-state index is 5.85. The molecule has 84 valence electrons. The summed E-state index contributed by atoms with van der Waals surface area (Å²) >= 11 is 1.68. The Morgan fingerprint density at radius 1 is 1.31 bits per heavy atom. The lowest BCUT2D eigenvalue weighted by atomic mass is 10.2. The average molecular weight is 233 g/mol. The van der Waals surface area contributed by atoms with Gasteiger partial charge >= 0.3 is 0 Å². The molecule has 1 aromatic heterocycles. The first-order chi connectivity index (χ1) is 7.75. The second-order valence-corrected chi connectivity index (χ2v) is 4.63. The summed E-state index contributed by atoms with van der Waals surface area (Å²) in [4.78, 5) is 4.39. The lowest BCUT2D eigenvalue weighted by Gasteiger charge is -2.05. The molecule has 16 heavy (non-hydrogen) atoms. The SMILES string of the molecule is Cc1csc(CNCc2ccccc2N)n1. The van der Waals surface area contributed by atoms with Crippen molar-refractivity contribution in [1.29, 1.82) is 0 Å². The standard InChI is InChI=1S/C12H15N3S/c1-9-8-16-12(15-9)7-14-6-10-4-2-3-5-11(10)13/h2-5,8,14H,6-7,13H2,1H3. The zero-order valence-corrected chi connectivity index (χ0v) is 10.1. The number of anilines is 1. The summed E-state index contributed by atoms with van der Waals surface area (Å²) in [7, 11) is 0. The summed E-state index contributed by atoms with van der Waals surface area (Å²) in [6, 6.07) is 7.91. The van der Waals surface area contributed by atoms with Crippen LogP contribution in [-0.4, -0.2) is 4.98 Å². The highest BCUT2D eigenvalue weighted by Crippen LogP contribution is 2.11. The molecule has 0 aliphatic rings. The molecule has 0 aliphatic heterocycles. The van der Waals surface area contributed by atoms with Crippen LogP contribution in [0.4, 0.5) is 5.69 Å². The molecule has 0 aliphatic carbocycles. The maximum atomic E-state index is 5.85. The van der Waals surface area contributed by atoms with E-state index in [1.807, 2.05) is 31.2 Å². The summed E-state index contributed by atoms with van der Waals surface area (Å²) in [5.41, 5.74) is 8.91. The quantitative estimate of drug-likeness (QED) is 0.797. The highest BCUT2D eigenvalue weighted by atomic mass is 32.1. The summed E-state index contributed by atoms with van der Waals surface area (Å²) in [6.07, 6.45) is 0. The van der Waals surface area contributed by atoms with Crippen LogP contribution >= 0.6 is 11.3 Å². The second kappa shape index (κ2) is 5.09. The van der Waals surface area contributed by atoms with Crippen molar-refractivity contribution in [3.8, 4) is 0 Å². The first-order valence-corrected chi connectivity index (χ1v) is 6.09. The van der Waals surface area contributed by atoms with E-state index < -0.39 is 0 Å². The van der Waals surface area contributed by atoms with Gasteiger partial charge in [0, 0.05) is 29.9 Å². The van der Waals surface area contributed by atoms with Crippen LogP contribution in [0, 0.1) is 6.92 Å². The summed E-state index contributed by atoms with van der Waals surface area (Å²) in [5, 5.41) is 6.52. The van der Waals surface area contributed by atoms with Crippen LogP contribution in [0.3, 0.4) is 0 Å². The zero-order valence-electron chi connectivity index (χ0n) is 9.23. The van der Waals surface area contributed by atoms with E-state index >= 15 is 0 Å². The topological polar surface area (TPSA) is 50.9 Å². The fraction of sp³-hybridized carbons (Fsp3) is 0.250. The summed E-state index contributed by atoms with van der Waals surface area (Å²) in [5.74, 6) is 0. The molecular formula is C12H15N3S. The molecule has 0 saturated carbocycles. The van der Waals surface area contributed by atoms with Gasteiger partial charge in [0.2, 0.25) is 0 Å². The van der Waals surface area contributed by atoms with Gasteiger partial charge < -0.3 is 11.1 Å². The molecule has 2 aromatic rings. The molecule has 0 bridgehead atoms. The first kappa shape index (κ1) is 11.1. The number of nitrogens with two attached hydrogens (primary N) is 1. The van der Waals surface area contributed by atoms with Crippen molar-refractivity contribution in [1.82, 2.24) is 10.3 Å². The van der Waals surface area contributed by atoms with E-state index in [1.54, 1.807) is 11.3 Å². The monoisotopic (exact) mass is 233 g/mol. The molecule has 0 spiro atoms. The Balaban J connectivity index is 1.87. The molecule has 3 nitrogen and oxygen atoms in total. The number of nitrogen functional groups attached to an aromatic ring is 1. The smallest absolute Gasteiger partial charge is 0.107 e. The Morgan fingerprint density at radius 2 is 2.12 bits per heavy atom. The third-order valence-corrected chi connectivity index (χ3v) is 3.28. The minimum atomic E-state index is 0.783. The van der Waals surface area contributed by atoms with Crippen molar-refractivity contribution >= 4 is 17.0 Å². The van der Waals surface area contributed by atoms with E-state index in [0.717, 1.165) is 35.0 Å². The minimum absolute atomic E-state index is 0.783.